The maximum atomic E-state index is 12.5. The molecule has 2 amide bonds. The van der Waals surface area contributed by atoms with Crippen molar-refractivity contribution in [1.82, 2.24) is 4.90 Å². The first-order chi connectivity index (χ1) is 15.6. The van der Waals surface area contributed by atoms with Gasteiger partial charge in [0, 0.05) is 35.8 Å². The maximum absolute atomic E-state index is 12.5. The quantitative estimate of drug-likeness (QED) is 0.563. The summed E-state index contributed by atoms with van der Waals surface area (Å²) in [5, 5.41) is 7.97. The van der Waals surface area contributed by atoms with E-state index < -0.39 is 0 Å². The van der Waals surface area contributed by atoms with Crippen molar-refractivity contribution < 1.29 is 19.1 Å². The van der Waals surface area contributed by atoms with Crippen molar-refractivity contribution in [2.45, 2.75) is 13.3 Å². The van der Waals surface area contributed by atoms with Crippen LogP contribution >= 0.6 is 0 Å². The Balaban J connectivity index is 1.28. The lowest BCUT2D eigenvalue weighted by Gasteiger charge is -2.21. The van der Waals surface area contributed by atoms with Crippen LogP contribution in [-0.4, -0.2) is 49.6 Å². The molecule has 1 aliphatic heterocycles. The number of benzene rings is 3. The lowest BCUT2D eigenvalue weighted by atomic mass is 10.1. The Hall–Kier alpha value is -3.58. The van der Waals surface area contributed by atoms with Crippen LogP contribution < -0.4 is 20.1 Å². The Bertz CT molecular complexity index is 1110. The van der Waals surface area contributed by atoms with E-state index in [1.165, 1.54) is 0 Å². The first kappa shape index (κ1) is 21.6. The van der Waals surface area contributed by atoms with E-state index in [9.17, 15) is 9.59 Å². The van der Waals surface area contributed by atoms with Crippen molar-refractivity contribution in [2.24, 2.45) is 0 Å². The van der Waals surface area contributed by atoms with E-state index in [1.54, 1.807) is 18.2 Å². The van der Waals surface area contributed by atoms with E-state index in [0.29, 0.717) is 49.9 Å². The van der Waals surface area contributed by atoms with Crippen LogP contribution in [0.25, 0.3) is 10.8 Å². The summed E-state index contributed by atoms with van der Waals surface area (Å²) in [7, 11) is 0. The van der Waals surface area contributed by atoms with E-state index in [2.05, 4.69) is 10.6 Å². The molecule has 0 fully saturated rings. The second kappa shape index (κ2) is 10.2. The largest absolute Gasteiger partial charge is 0.486 e. The van der Waals surface area contributed by atoms with Gasteiger partial charge in [0.2, 0.25) is 11.8 Å². The van der Waals surface area contributed by atoms with Crippen LogP contribution in [0.4, 0.5) is 11.4 Å². The predicted molar refractivity (Wildman–Crippen MR) is 125 cm³/mol. The van der Waals surface area contributed by atoms with Crippen LogP contribution in [0.3, 0.4) is 0 Å². The van der Waals surface area contributed by atoms with Crippen molar-refractivity contribution in [2.75, 3.05) is 43.5 Å². The minimum atomic E-state index is -0.141. The molecule has 0 saturated carbocycles. The van der Waals surface area contributed by atoms with Gasteiger partial charge in [-0.2, -0.15) is 0 Å². The predicted octanol–water partition coefficient (Wildman–Crippen LogP) is 3.90. The number of hydrogen-bond acceptors (Lipinski definition) is 5. The van der Waals surface area contributed by atoms with E-state index in [1.807, 2.05) is 54.3 Å². The Morgan fingerprint density at radius 2 is 1.69 bits per heavy atom. The van der Waals surface area contributed by atoms with Gasteiger partial charge in [-0.25, -0.2) is 0 Å². The summed E-state index contributed by atoms with van der Waals surface area (Å²) in [5.41, 5.74) is 1.46. The SMILES string of the molecule is CCN(CCC(=O)Nc1cccc2ccccc12)CC(=O)Nc1ccc2c(c1)OCCO2. The maximum Gasteiger partial charge on any atom is 0.238 e. The molecule has 0 spiro atoms. The number of hydrogen-bond donors (Lipinski definition) is 2. The molecule has 0 radical (unpaired) electrons. The molecular weight excluding hydrogens is 406 g/mol. The third kappa shape index (κ3) is 5.36. The molecule has 166 valence electrons. The fourth-order valence-electron chi connectivity index (χ4n) is 3.68. The van der Waals surface area contributed by atoms with Gasteiger partial charge < -0.3 is 20.1 Å². The number of nitrogens with zero attached hydrogens (tertiary/aromatic N) is 1. The molecule has 3 aromatic carbocycles. The van der Waals surface area contributed by atoms with Crippen molar-refractivity contribution in [3.8, 4) is 11.5 Å². The van der Waals surface area contributed by atoms with Gasteiger partial charge in [0.15, 0.2) is 11.5 Å². The van der Waals surface area contributed by atoms with Crippen molar-refractivity contribution in [3.05, 3.63) is 60.7 Å². The number of ether oxygens (including phenoxy) is 2. The highest BCUT2D eigenvalue weighted by Gasteiger charge is 2.15. The van der Waals surface area contributed by atoms with E-state index in [0.717, 1.165) is 16.5 Å². The highest BCUT2D eigenvalue weighted by molar-refractivity contribution is 6.02. The summed E-state index contributed by atoms with van der Waals surface area (Å²) in [6.45, 7) is 4.34. The van der Waals surface area contributed by atoms with Gasteiger partial charge in [-0.15, -0.1) is 0 Å². The summed E-state index contributed by atoms with van der Waals surface area (Å²) < 4.78 is 11.1. The standard InChI is InChI=1S/C25H27N3O4/c1-2-28(17-25(30)26-19-10-11-22-23(16-19)32-15-14-31-22)13-12-24(29)27-21-9-5-7-18-6-3-4-8-20(18)21/h3-11,16H,2,12-15,17H2,1H3,(H,26,30)(H,27,29). The van der Waals surface area contributed by atoms with Crippen LogP contribution in [0, 0.1) is 0 Å². The Morgan fingerprint density at radius 3 is 2.53 bits per heavy atom. The van der Waals surface area contributed by atoms with Crippen molar-refractivity contribution in [3.63, 3.8) is 0 Å². The van der Waals surface area contributed by atoms with Crippen LogP contribution in [-0.2, 0) is 9.59 Å². The Morgan fingerprint density at radius 1 is 0.906 bits per heavy atom. The van der Waals surface area contributed by atoms with Gasteiger partial charge in [0.25, 0.3) is 0 Å². The number of rotatable bonds is 8. The average Bonchev–Trinajstić information content (AvgIpc) is 2.82. The summed E-state index contributed by atoms with van der Waals surface area (Å²) in [6, 6.07) is 19.1. The summed E-state index contributed by atoms with van der Waals surface area (Å²) >= 11 is 0. The number of fused-ring (bicyclic) bond motifs is 2. The third-order valence-electron chi connectivity index (χ3n) is 5.36. The molecule has 4 rings (SSSR count). The fourth-order valence-corrected chi connectivity index (χ4v) is 3.68. The second-order valence-corrected chi connectivity index (χ2v) is 7.60. The summed E-state index contributed by atoms with van der Waals surface area (Å²) in [4.78, 5) is 27.0. The lowest BCUT2D eigenvalue weighted by molar-refractivity contribution is -0.119. The summed E-state index contributed by atoms with van der Waals surface area (Å²) in [5.74, 6) is 1.10. The molecule has 7 heteroatoms. The number of carbonyl (C=O) groups excluding carboxylic acids is 2. The van der Waals surface area contributed by atoms with Gasteiger partial charge in [-0.05, 0) is 30.1 Å². The number of nitrogens with one attached hydrogen (secondary N) is 2. The zero-order chi connectivity index (χ0) is 22.3. The van der Waals surface area contributed by atoms with Crippen LogP contribution in [0.2, 0.25) is 0 Å². The number of anilines is 2. The number of amides is 2. The molecule has 1 aliphatic rings. The second-order valence-electron chi connectivity index (χ2n) is 7.60. The zero-order valence-corrected chi connectivity index (χ0v) is 18.1. The van der Waals surface area contributed by atoms with Crippen LogP contribution in [0.15, 0.2) is 60.7 Å². The molecule has 7 nitrogen and oxygen atoms in total. The molecule has 2 N–H and O–H groups in total. The van der Waals surface area contributed by atoms with Gasteiger partial charge in [0.1, 0.15) is 13.2 Å². The minimum absolute atomic E-state index is 0.0768. The number of likely N-dealkylation sites (N-methyl/N-ethyl adjacent to an activating group) is 1. The van der Waals surface area contributed by atoms with Crippen molar-refractivity contribution in [1.29, 1.82) is 0 Å². The molecule has 0 unspecified atom stereocenters. The topological polar surface area (TPSA) is 79.9 Å². The average molecular weight is 434 g/mol. The highest BCUT2D eigenvalue weighted by atomic mass is 16.6. The van der Waals surface area contributed by atoms with Crippen LogP contribution in [0.1, 0.15) is 13.3 Å². The van der Waals surface area contributed by atoms with Gasteiger partial charge in [-0.3, -0.25) is 14.5 Å². The molecule has 0 aliphatic carbocycles. The van der Waals surface area contributed by atoms with Gasteiger partial charge in [0.05, 0.1) is 6.54 Å². The van der Waals surface area contributed by atoms with E-state index in [-0.39, 0.29) is 18.4 Å². The minimum Gasteiger partial charge on any atom is -0.486 e. The molecule has 3 aromatic rings. The van der Waals surface area contributed by atoms with E-state index >= 15 is 0 Å². The Kier molecular flexibility index (Phi) is 6.87. The molecule has 0 bridgehead atoms. The molecular formula is C25H27N3O4. The zero-order valence-electron chi connectivity index (χ0n) is 18.1. The third-order valence-corrected chi connectivity index (χ3v) is 5.36. The smallest absolute Gasteiger partial charge is 0.238 e. The molecule has 1 heterocycles. The fraction of sp³-hybridized carbons (Fsp3) is 0.280. The first-order valence-corrected chi connectivity index (χ1v) is 10.8. The first-order valence-electron chi connectivity index (χ1n) is 10.8. The normalized spacial score (nSPS) is 12.6. The molecule has 32 heavy (non-hydrogen) atoms. The summed E-state index contributed by atoms with van der Waals surface area (Å²) in [6.07, 6.45) is 0.300. The van der Waals surface area contributed by atoms with Crippen LogP contribution in [0.5, 0.6) is 11.5 Å². The Labute approximate surface area is 187 Å². The monoisotopic (exact) mass is 433 g/mol. The van der Waals surface area contributed by atoms with Gasteiger partial charge >= 0.3 is 0 Å². The molecule has 0 saturated heterocycles. The molecule has 0 aromatic heterocycles. The van der Waals surface area contributed by atoms with Gasteiger partial charge in [-0.1, -0.05) is 43.3 Å². The number of carbonyl (C=O) groups is 2. The highest BCUT2D eigenvalue weighted by Crippen LogP contribution is 2.32. The lowest BCUT2D eigenvalue weighted by Crippen LogP contribution is -2.35. The van der Waals surface area contributed by atoms with E-state index in [4.69, 9.17) is 9.47 Å². The van der Waals surface area contributed by atoms with Crippen molar-refractivity contribution >= 4 is 34.0 Å². The molecule has 0 atom stereocenters.